The van der Waals surface area contributed by atoms with E-state index in [0.29, 0.717) is 17.4 Å². The van der Waals surface area contributed by atoms with Gasteiger partial charge < -0.3 is 0 Å². The van der Waals surface area contributed by atoms with Crippen LogP contribution in [-0.2, 0) is 16.4 Å². The van der Waals surface area contributed by atoms with E-state index in [2.05, 4.69) is 52.1 Å². The lowest BCUT2D eigenvalue weighted by Crippen LogP contribution is -2.42. The van der Waals surface area contributed by atoms with E-state index in [9.17, 15) is 8.42 Å². The number of benzene rings is 3. The minimum Gasteiger partial charge on any atom is -0.295 e. The van der Waals surface area contributed by atoms with Gasteiger partial charge in [-0.25, -0.2) is 13.1 Å². The molecule has 4 nitrogen and oxygen atoms in total. The van der Waals surface area contributed by atoms with Crippen molar-refractivity contribution in [2.45, 2.75) is 37.1 Å². The Morgan fingerprint density at radius 1 is 0.875 bits per heavy atom. The Morgan fingerprint density at radius 3 is 2.09 bits per heavy atom. The van der Waals surface area contributed by atoms with Crippen molar-refractivity contribution in [2.24, 2.45) is 5.92 Å². The summed E-state index contributed by atoms with van der Waals surface area (Å²) in [4.78, 5) is 2.76. The van der Waals surface area contributed by atoms with Crippen molar-refractivity contribution in [2.75, 3.05) is 19.6 Å². The first-order chi connectivity index (χ1) is 15.5. The van der Waals surface area contributed by atoms with Crippen LogP contribution in [0.5, 0.6) is 0 Å². The first-order valence-corrected chi connectivity index (χ1v) is 12.9. The maximum absolute atomic E-state index is 12.9. The Morgan fingerprint density at radius 2 is 1.47 bits per heavy atom. The monoisotopic (exact) mass is 448 g/mol. The quantitative estimate of drug-likeness (QED) is 0.529. The molecule has 0 amide bonds. The molecule has 0 saturated carbocycles. The summed E-state index contributed by atoms with van der Waals surface area (Å²) in [6, 6.07) is 28.0. The summed E-state index contributed by atoms with van der Waals surface area (Å²) in [5.41, 5.74) is 3.60. The average molecular weight is 449 g/mol. The second-order valence-corrected chi connectivity index (χ2v) is 10.5. The molecule has 1 atom stereocenters. The van der Waals surface area contributed by atoms with Gasteiger partial charge in [0.1, 0.15) is 0 Å². The van der Waals surface area contributed by atoms with Crippen LogP contribution in [0.25, 0.3) is 0 Å². The number of nitrogens with one attached hydrogen (secondary N) is 1. The standard InChI is InChI=1S/C27H32N2O2S/c1-22-12-14-26(15-13-22)32(30,31)28-21-27(25-10-6-3-7-11-25)29-18-16-24(17-19-29)20-23-8-4-2-5-9-23/h2-15,24,27-28H,16-21H2,1H3/t27-/m1/s1. The summed E-state index contributed by atoms with van der Waals surface area (Å²) in [6.07, 6.45) is 3.37. The fraction of sp³-hybridized carbons (Fsp3) is 0.333. The highest BCUT2D eigenvalue weighted by atomic mass is 32.2. The molecule has 0 aromatic heterocycles. The molecule has 168 valence electrons. The zero-order valence-electron chi connectivity index (χ0n) is 18.7. The summed E-state index contributed by atoms with van der Waals surface area (Å²) in [6.45, 7) is 4.27. The molecule has 1 saturated heterocycles. The van der Waals surface area contributed by atoms with E-state index in [4.69, 9.17) is 0 Å². The molecule has 0 radical (unpaired) electrons. The van der Waals surface area contributed by atoms with Crippen LogP contribution in [-0.4, -0.2) is 33.0 Å². The molecule has 0 aliphatic carbocycles. The van der Waals surface area contributed by atoms with Crippen molar-refractivity contribution in [3.8, 4) is 0 Å². The molecule has 0 unspecified atom stereocenters. The largest absolute Gasteiger partial charge is 0.295 e. The van der Waals surface area contributed by atoms with Gasteiger partial charge in [0.25, 0.3) is 0 Å². The Labute approximate surface area is 192 Å². The summed E-state index contributed by atoms with van der Waals surface area (Å²) < 4.78 is 28.6. The van der Waals surface area contributed by atoms with E-state index in [1.54, 1.807) is 12.1 Å². The molecule has 0 spiro atoms. The molecule has 3 aromatic rings. The molecule has 0 bridgehead atoms. The predicted octanol–water partition coefficient (Wildman–Crippen LogP) is 4.97. The lowest BCUT2D eigenvalue weighted by atomic mass is 9.89. The summed E-state index contributed by atoms with van der Waals surface area (Å²) in [5, 5.41) is 0. The molecule has 1 aliphatic rings. The predicted molar refractivity (Wildman–Crippen MR) is 130 cm³/mol. The third-order valence-corrected chi connectivity index (χ3v) is 7.88. The molecule has 1 fully saturated rings. The molecule has 1 N–H and O–H groups in total. The van der Waals surface area contributed by atoms with Gasteiger partial charge in [0.05, 0.1) is 4.90 Å². The van der Waals surface area contributed by atoms with Crippen molar-refractivity contribution < 1.29 is 8.42 Å². The number of sulfonamides is 1. The smallest absolute Gasteiger partial charge is 0.240 e. The lowest BCUT2D eigenvalue weighted by Gasteiger charge is -2.38. The van der Waals surface area contributed by atoms with Crippen LogP contribution in [0.15, 0.2) is 89.8 Å². The van der Waals surface area contributed by atoms with Gasteiger partial charge in [-0.05, 0) is 68.5 Å². The maximum Gasteiger partial charge on any atom is 0.240 e. The molecular weight excluding hydrogens is 416 g/mol. The van der Waals surface area contributed by atoms with Gasteiger partial charge in [0.15, 0.2) is 0 Å². The van der Waals surface area contributed by atoms with Gasteiger partial charge >= 0.3 is 0 Å². The second kappa shape index (κ2) is 10.4. The van der Waals surface area contributed by atoms with E-state index in [1.807, 2.05) is 37.3 Å². The van der Waals surface area contributed by atoms with E-state index in [0.717, 1.165) is 43.5 Å². The van der Waals surface area contributed by atoms with Crippen molar-refractivity contribution in [3.05, 3.63) is 102 Å². The minimum absolute atomic E-state index is 0.0223. The first-order valence-electron chi connectivity index (χ1n) is 11.4. The average Bonchev–Trinajstić information content (AvgIpc) is 2.82. The lowest BCUT2D eigenvalue weighted by molar-refractivity contribution is 0.133. The molecule has 5 heteroatoms. The molecule has 1 aliphatic heterocycles. The van der Waals surface area contributed by atoms with Crippen LogP contribution in [0.2, 0.25) is 0 Å². The van der Waals surface area contributed by atoms with Crippen LogP contribution >= 0.6 is 0 Å². The maximum atomic E-state index is 12.9. The highest BCUT2D eigenvalue weighted by molar-refractivity contribution is 7.89. The van der Waals surface area contributed by atoms with E-state index in [-0.39, 0.29) is 6.04 Å². The summed E-state index contributed by atoms with van der Waals surface area (Å²) in [5.74, 6) is 0.675. The summed E-state index contributed by atoms with van der Waals surface area (Å²) >= 11 is 0. The Balaban J connectivity index is 1.43. The number of nitrogens with zero attached hydrogens (tertiary/aromatic N) is 1. The van der Waals surface area contributed by atoms with Crippen molar-refractivity contribution in [3.63, 3.8) is 0 Å². The van der Waals surface area contributed by atoms with Crippen molar-refractivity contribution in [1.82, 2.24) is 9.62 Å². The molecule has 1 heterocycles. The number of hydrogen-bond donors (Lipinski definition) is 1. The Bertz CT molecular complexity index is 1080. The van der Waals surface area contributed by atoms with Crippen LogP contribution in [0.3, 0.4) is 0 Å². The van der Waals surface area contributed by atoms with Crippen LogP contribution in [0.1, 0.15) is 35.6 Å². The fourth-order valence-electron chi connectivity index (χ4n) is 4.54. The van der Waals surface area contributed by atoms with E-state index in [1.165, 1.54) is 5.56 Å². The Hall–Kier alpha value is -2.47. The number of piperidine rings is 1. The van der Waals surface area contributed by atoms with Crippen LogP contribution in [0, 0.1) is 12.8 Å². The van der Waals surface area contributed by atoms with Gasteiger partial charge in [-0.1, -0.05) is 78.4 Å². The Kier molecular flexibility index (Phi) is 7.40. The number of aryl methyl sites for hydroxylation is 1. The van der Waals surface area contributed by atoms with Gasteiger partial charge in [-0.3, -0.25) is 4.90 Å². The second-order valence-electron chi connectivity index (χ2n) is 8.76. The first kappa shape index (κ1) is 22.7. The number of rotatable bonds is 8. The zero-order valence-corrected chi connectivity index (χ0v) is 19.5. The van der Waals surface area contributed by atoms with E-state index >= 15 is 0 Å². The third kappa shape index (κ3) is 5.85. The van der Waals surface area contributed by atoms with Gasteiger partial charge in [-0.2, -0.15) is 0 Å². The van der Waals surface area contributed by atoms with Gasteiger partial charge in [0, 0.05) is 12.6 Å². The van der Waals surface area contributed by atoms with Crippen molar-refractivity contribution >= 4 is 10.0 Å². The highest BCUT2D eigenvalue weighted by Gasteiger charge is 2.27. The number of hydrogen-bond acceptors (Lipinski definition) is 3. The molecule has 3 aromatic carbocycles. The fourth-order valence-corrected chi connectivity index (χ4v) is 5.58. The van der Waals surface area contributed by atoms with Crippen LogP contribution < -0.4 is 4.72 Å². The topological polar surface area (TPSA) is 49.4 Å². The zero-order chi connectivity index (χ0) is 22.4. The molecule has 32 heavy (non-hydrogen) atoms. The third-order valence-electron chi connectivity index (χ3n) is 6.44. The van der Waals surface area contributed by atoms with Gasteiger partial charge in [0.2, 0.25) is 10.0 Å². The molecular formula is C27H32N2O2S. The van der Waals surface area contributed by atoms with Gasteiger partial charge in [-0.15, -0.1) is 0 Å². The molecule has 4 rings (SSSR count). The van der Waals surface area contributed by atoms with Crippen molar-refractivity contribution in [1.29, 1.82) is 0 Å². The summed E-state index contributed by atoms with van der Waals surface area (Å²) in [7, 11) is -3.55. The minimum atomic E-state index is -3.55. The SMILES string of the molecule is Cc1ccc(S(=O)(=O)NC[C@H](c2ccccc2)N2CCC(Cc3ccccc3)CC2)cc1. The number of likely N-dealkylation sites (tertiary alicyclic amines) is 1. The van der Waals surface area contributed by atoms with E-state index < -0.39 is 10.0 Å². The normalized spacial score (nSPS) is 16.7. The highest BCUT2D eigenvalue weighted by Crippen LogP contribution is 2.29. The van der Waals surface area contributed by atoms with Crippen LogP contribution in [0.4, 0.5) is 0 Å².